The molecule has 1 aromatic heterocycles. The zero-order valence-electron chi connectivity index (χ0n) is 13.2. The average molecular weight is 323 g/mol. The lowest BCUT2D eigenvalue weighted by Gasteiger charge is -2.13. The average Bonchev–Trinajstić information content (AvgIpc) is 2.87. The molecule has 0 aliphatic heterocycles. The van der Waals surface area contributed by atoms with E-state index in [2.05, 4.69) is 4.72 Å². The molecule has 1 atom stereocenters. The number of hydrogen-bond donors (Lipinski definition) is 2. The number of aryl methyl sites for hydroxylation is 4. The van der Waals surface area contributed by atoms with Gasteiger partial charge in [0.1, 0.15) is 17.6 Å². The largest absolute Gasteiger partial charge is 0.464 e. The number of sulfonamides is 1. The van der Waals surface area contributed by atoms with Crippen LogP contribution in [0.3, 0.4) is 0 Å². The third-order valence-electron chi connectivity index (χ3n) is 3.64. The van der Waals surface area contributed by atoms with Crippen LogP contribution in [0.2, 0.25) is 0 Å². The molecule has 1 unspecified atom stereocenters. The normalized spacial score (nSPS) is 13.3. The standard InChI is InChI=1S/C16H21NO4S/c1-10-7-12(3)16(8-11(10)2)22(19,20)17-9-14(18)15-6-5-13(4)21-15/h5-8,14,17-18H,9H2,1-4H3. The van der Waals surface area contributed by atoms with Crippen molar-refractivity contribution in [2.45, 2.75) is 38.7 Å². The van der Waals surface area contributed by atoms with Gasteiger partial charge >= 0.3 is 0 Å². The lowest BCUT2D eigenvalue weighted by molar-refractivity contribution is 0.152. The Morgan fingerprint density at radius 3 is 2.32 bits per heavy atom. The van der Waals surface area contributed by atoms with E-state index in [9.17, 15) is 13.5 Å². The van der Waals surface area contributed by atoms with Crippen molar-refractivity contribution in [3.8, 4) is 0 Å². The molecule has 1 heterocycles. The van der Waals surface area contributed by atoms with Crippen molar-refractivity contribution in [2.24, 2.45) is 0 Å². The highest BCUT2D eigenvalue weighted by molar-refractivity contribution is 7.89. The quantitative estimate of drug-likeness (QED) is 0.886. The molecule has 5 nitrogen and oxygen atoms in total. The number of benzene rings is 1. The van der Waals surface area contributed by atoms with E-state index in [0.717, 1.165) is 11.1 Å². The fourth-order valence-electron chi connectivity index (χ4n) is 2.22. The minimum Gasteiger partial charge on any atom is -0.464 e. The van der Waals surface area contributed by atoms with Crippen LogP contribution in [0.5, 0.6) is 0 Å². The molecular weight excluding hydrogens is 302 g/mol. The van der Waals surface area contributed by atoms with Crippen molar-refractivity contribution in [2.75, 3.05) is 6.54 Å². The summed E-state index contributed by atoms with van der Waals surface area (Å²) >= 11 is 0. The van der Waals surface area contributed by atoms with E-state index in [-0.39, 0.29) is 11.4 Å². The highest BCUT2D eigenvalue weighted by Crippen LogP contribution is 2.21. The number of aliphatic hydroxyl groups is 1. The molecule has 0 amide bonds. The van der Waals surface area contributed by atoms with Crippen LogP contribution in [0.15, 0.2) is 33.6 Å². The number of rotatable bonds is 5. The topological polar surface area (TPSA) is 79.5 Å². The van der Waals surface area contributed by atoms with Crippen LogP contribution < -0.4 is 4.72 Å². The lowest BCUT2D eigenvalue weighted by atomic mass is 10.1. The van der Waals surface area contributed by atoms with E-state index in [1.54, 1.807) is 32.0 Å². The van der Waals surface area contributed by atoms with Gasteiger partial charge in [-0.15, -0.1) is 0 Å². The van der Waals surface area contributed by atoms with E-state index in [1.165, 1.54) is 0 Å². The zero-order valence-corrected chi connectivity index (χ0v) is 14.0. The predicted molar refractivity (Wildman–Crippen MR) is 84.2 cm³/mol. The number of nitrogens with one attached hydrogen (secondary N) is 1. The van der Waals surface area contributed by atoms with Crippen LogP contribution in [-0.4, -0.2) is 20.1 Å². The third kappa shape index (κ3) is 3.58. The van der Waals surface area contributed by atoms with E-state index in [0.29, 0.717) is 17.1 Å². The number of hydrogen-bond acceptors (Lipinski definition) is 4. The van der Waals surface area contributed by atoms with Gasteiger partial charge in [0.25, 0.3) is 0 Å². The maximum absolute atomic E-state index is 12.4. The minimum atomic E-state index is -3.68. The first-order chi connectivity index (χ1) is 10.2. The molecule has 0 spiro atoms. The Hall–Kier alpha value is -1.63. The molecule has 2 aromatic rings. The highest BCUT2D eigenvalue weighted by Gasteiger charge is 2.20. The summed E-state index contributed by atoms with van der Waals surface area (Å²) in [5.74, 6) is 1.01. The fourth-order valence-corrected chi connectivity index (χ4v) is 3.57. The molecule has 120 valence electrons. The van der Waals surface area contributed by atoms with Crippen molar-refractivity contribution in [1.82, 2.24) is 4.72 Å². The molecule has 0 saturated carbocycles. The Bertz CT molecular complexity index is 777. The number of aliphatic hydroxyl groups excluding tert-OH is 1. The zero-order chi connectivity index (χ0) is 16.5. The Labute approximate surface area is 131 Å². The van der Waals surface area contributed by atoms with Crippen LogP contribution in [0.25, 0.3) is 0 Å². The molecule has 22 heavy (non-hydrogen) atoms. The van der Waals surface area contributed by atoms with Gasteiger partial charge in [0.15, 0.2) is 0 Å². The maximum Gasteiger partial charge on any atom is 0.240 e. The Morgan fingerprint density at radius 2 is 1.73 bits per heavy atom. The van der Waals surface area contributed by atoms with Crippen LogP contribution in [0.1, 0.15) is 34.3 Å². The first-order valence-corrected chi connectivity index (χ1v) is 8.51. The third-order valence-corrected chi connectivity index (χ3v) is 5.20. The second-order valence-corrected chi connectivity index (χ2v) is 7.25. The minimum absolute atomic E-state index is 0.137. The molecule has 2 rings (SSSR count). The van der Waals surface area contributed by atoms with Gasteiger partial charge in [0, 0.05) is 6.54 Å². The summed E-state index contributed by atoms with van der Waals surface area (Å²) in [5.41, 5.74) is 2.63. The van der Waals surface area contributed by atoms with Gasteiger partial charge in [-0.1, -0.05) is 6.07 Å². The second-order valence-electron chi connectivity index (χ2n) is 5.52. The maximum atomic E-state index is 12.4. The Balaban J connectivity index is 2.16. The lowest BCUT2D eigenvalue weighted by Crippen LogP contribution is -2.29. The van der Waals surface area contributed by atoms with Gasteiger partial charge in [-0.25, -0.2) is 13.1 Å². The summed E-state index contributed by atoms with van der Waals surface area (Å²) in [6, 6.07) is 6.85. The molecule has 0 fully saturated rings. The van der Waals surface area contributed by atoms with Crippen LogP contribution in [0.4, 0.5) is 0 Å². The van der Waals surface area contributed by atoms with Gasteiger partial charge in [0.2, 0.25) is 10.0 Å². The van der Waals surface area contributed by atoms with E-state index < -0.39 is 16.1 Å². The van der Waals surface area contributed by atoms with Crippen LogP contribution in [-0.2, 0) is 10.0 Å². The first-order valence-electron chi connectivity index (χ1n) is 7.02. The fraction of sp³-hybridized carbons (Fsp3) is 0.375. The van der Waals surface area contributed by atoms with Crippen LogP contribution in [0, 0.1) is 27.7 Å². The van der Waals surface area contributed by atoms with E-state index in [4.69, 9.17) is 4.42 Å². The molecule has 2 N–H and O–H groups in total. The van der Waals surface area contributed by atoms with Gasteiger partial charge in [0.05, 0.1) is 4.90 Å². The van der Waals surface area contributed by atoms with Gasteiger partial charge in [-0.3, -0.25) is 0 Å². The van der Waals surface area contributed by atoms with Crippen molar-refractivity contribution >= 4 is 10.0 Å². The molecule has 0 aliphatic rings. The molecule has 1 aromatic carbocycles. The summed E-state index contributed by atoms with van der Waals surface area (Å²) in [6.07, 6.45) is -1.02. The molecule has 0 bridgehead atoms. The SMILES string of the molecule is Cc1ccc(C(O)CNS(=O)(=O)c2cc(C)c(C)cc2C)o1. The first kappa shape index (κ1) is 16.7. The monoisotopic (exact) mass is 323 g/mol. The smallest absolute Gasteiger partial charge is 0.240 e. The highest BCUT2D eigenvalue weighted by atomic mass is 32.2. The Kier molecular flexibility index (Phi) is 4.75. The summed E-state index contributed by atoms with van der Waals surface area (Å²) in [5, 5.41) is 9.99. The summed E-state index contributed by atoms with van der Waals surface area (Å²) < 4.78 is 32.5. The van der Waals surface area contributed by atoms with Crippen molar-refractivity contribution in [3.05, 3.63) is 52.5 Å². The van der Waals surface area contributed by atoms with Crippen molar-refractivity contribution in [1.29, 1.82) is 0 Å². The molecule has 0 radical (unpaired) electrons. The molecule has 0 saturated heterocycles. The van der Waals surface area contributed by atoms with Gasteiger partial charge < -0.3 is 9.52 Å². The number of furan rings is 1. The van der Waals surface area contributed by atoms with E-state index in [1.807, 2.05) is 19.9 Å². The molecular formula is C16H21NO4S. The predicted octanol–water partition coefficient (Wildman–Crippen LogP) is 2.53. The van der Waals surface area contributed by atoms with Gasteiger partial charge in [-0.2, -0.15) is 0 Å². The molecule has 0 aliphatic carbocycles. The molecule has 6 heteroatoms. The van der Waals surface area contributed by atoms with E-state index >= 15 is 0 Å². The summed E-state index contributed by atoms with van der Waals surface area (Å²) in [7, 11) is -3.68. The van der Waals surface area contributed by atoms with Gasteiger partial charge in [-0.05, 0) is 62.6 Å². The second kappa shape index (κ2) is 6.24. The Morgan fingerprint density at radius 1 is 1.09 bits per heavy atom. The van der Waals surface area contributed by atoms with Crippen LogP contribution >= 0.6 is 0 Å². The van der Waals surface area contributed by atoms with Crippen molar-refractivity contribution < 1.29 is 17.9 Å². The summed E-state index contributed by atoms with van der Waals surface area (Å²) in [6.45, 7) is 7.19. The van der Waals surface area contributed by atoms with Crippen molar-refractivity contribution in [3.63, 3.8) is 0 Å². The summed E-state index contributed by atoms with van der Waals surface area (Å²) in [4.78, 5) is 0.235.